The Morgan fingerprint density at radius 2 is 1.80 bits per heavy atom. The Morgan fingerprint density at radius 1 is 1.27 bits per heavy atom. The van der Waals surface area contributed by atoms with E-state index in [1.807, 2.05) is 20.8 Å². The van der Waals surface area contributed by atoms with Gasteiger partial charge < -0.3 is 16.4 Å². The van der Waals surface area contributed by atoms with Crippen molar-refractivity contribution in [3.05, 3.63) is 0 Å². The van der Waals surface area contributed by atoms with Gasteiger partial charge in [-0.1, -0.05) is 12.2 Å². The Hall–Kier alpha value is -1.17. The maximum atomic E-state index is 11.3. The van der Waals surface area contributed by atoms with Crippen LogP contribution >= 0.6 is 12.2 Å². The molecule has 0 aliphatic carbocycles. The summed E-state index contributed by atoms with van der Waals surface area (Å²) in [5.74, 6) is -0.578. The Bertz CT molecular complexity index is 271. The lowest BCUT2D eigenvalue weighted by Gasteiger charge is -2.20. The molecule has 0 unspecified atom stereocenters. The van der Waals surface area contributed by atoms with Crippen molar-refractivity contribution < 1.29 is 9.59 Å². The summed E-state index contributed by atoms with van der Waals surface area (Å²) in [5, 5.41) is 5.13. The normalized spacial score (nSPS) is 10.6. The fourth-order valence-electron chi connectivity index (χ4n) is 0.862. The number of thiocarbonyl (C=S) groups is 1. The minimum Gasteiger partial charge on any atom is -0.393 e. The first-order chi connectivity index (χ1) is 6.70. The van der Waals surface area contributed by atoms with Crippen LogP contribution in [0.5, 0.6) is 0 Å². The van der Waals surface area contributed by atoms with Crippen LogP contribution in [0.25, 0.3) is 0 Å². The van der Waals surface area contributed by atoms with Crippen LogP contribution in [-0.4, -0.2) is 28.9 Å². The molecule has 0 aliphatic rings. The first-order valence-corrected chi connectivity index (χ1v) is 4.97. The van der Waals surface area contributed by atoms with Gasteiger partial charge in [-0.15, -0.1) is 0 Å². The third-order valence-electron chi connectivity index (χ3n) is 1.30. The highest BCUT2D eigenvalue weighted by atomic mass is 32.1. The van der Waals surface area contributed by atoms with Gasteiger partial charge in [-0.3, -0.25) is 9.59 Å². The first-order valence-electron chi connectivity index (χ1n) is 4.57. The third-order valence-corrected chi connectivity index (χ3v) is 1.44. The van der Waals surface area contributed by atoms with Gasteiger partial charge in [-0.2, -0.15) is 0 Å². The lowest BCUT2D eigenvalue weighted by molar-refractivity contribution is -0.126. The molecule has 5 nitrogen and oxygen atoms in total. The van der Waals surface area contributed by atoms with E-state index in [0.29, 0.717) is 0 Å². The molecule has 0 saturated heterocycles. The number of rotatable bonds is 4. The number of nitrogens with two attached hydrogens (primary N) is 1. The van der Waals surface area contributed by atoms with E-state index in [4.69, 9.17) is 5.73 Å². The second-order valence-corrected chi connectivity index (χ2v) is 4.74. The largest absolute Gasteiger partial charge is 0.393 e. The Balaban J connectivity index is 3.82. The number of carbonyl (C=O) groups excluding carboxylic acids is 2. The number of nitrogens with one attached hydrogen (secondary N) is 2. The van der Waals surface area contributed by atoms with Gasteiger partial charge in [0, 0.05) is 5.54 Å². The maximum Gasteiger partial charge on any atom is 0.239 e. The predicted octanol–water partition coefficient (Wildman–Crippen LogP) is -0.306. The van der Waals surface area contributed by atoms with Gasteiger partial charge in [0.15, 0.2) is 0 Å². The van der Waals surface area contributed by atoms with Crippen LogP contribution in [-0.2, 0) is 9.59 Å². The second-order valence-electron chi connectivity index (χ2n) is 4.22. The van der Waals surface area contributed by atoms with E-state index in [-0.39, 0.29) is 35.3 Å². The standard InChI is InChI=1S/C9H17N3O2S/c1-9(2,3)12-8(14)5-11-7(13)4-6(10)15/h4-5H2,1-3H3,(H2,10,15)(H,11,13)(H,12,14). The van der Waals surface area contributed by atoms with Crippen molar-refractivity contribution in [2.24, 2.45) is 5.73 Å². The van der Waals surface area contributed by atoms with Crippen LogP contribution in [0.15, 0.2) is 0 Å². The predicted molar refractivity (Wildman–Crippen MR) is 62.3 cm³/mol. The van der Waals surface area contributed by atoms with Crippen molar-refractivity contribution in [3.8, 4) is 0 Å². The molecule has 0 bridgehead atoms. The lowest BCUT2D eigenvalue weighted by Crippen LogP contribution is -2.46. The maximum absolute atomic E-state index is 11.3. The van der Waals surface area contributed by atoms with Crippen LogP contribution in [0.4, 0.5) is 0 Å². The van der Waals surface area contributed by atoms with Crippen LogP contribution < -0.4 is 16.4 Å². The summed E-state index contributed by atoms with van der Waals surface area (Å²) in [5.41, 5.74) is 4.87. The summed E-state index contributed by atoms with van der Waals surface area (Å²) in [4.78, 5) is 22.4. The highest BCUT2D eigenvalue weighted by molar-refractivity contribution is 7.80. The van der Waals surface area contributed by atoms with Gasteiger partial charge >= 0.3 is 0 Å². The summed E-state index contributed by atoms with van der Waals surface area (Å²) in [7, 11) is 0. The first kappa shape index (κ1) is 13.8. The van der Waals surface area contributed by atoms with Crippen molar-refractivity contribution in [2.45, 2.75) is 32.7 Å². The van der Waals surface area contributed by atoms with E-state index in [1.54, 1.807) is 0 Å². The van der Waals surface area contributed by atoms with Crippen molar-refractivity contribution >= 4 is 29.0 Å². The molecular weight excluding hydrogens is 214 g/mol. The zero-order valence-electron chi connectivity index (χ0n) is 9.22. The number of amides is 2. The Labute approximate surface area is 94.8 Å². The van der Waals surface area contributed by atoms with Crippen molar-refractivity contribution in [1.82, 2.24) is 10.6 Å². The fraction of sp³-hybridized carbons (Fsp3) is 0.667. The summed E-state index contributed by atoms with van der Waals surface area (Å²) < 4.78 is 0. The molecule has 0 heterocycles. The topological polar surface area (TPSA) is 84.2 Å². The molecule has 0 aromatic carbocycles. The molecule has 0 spiro atoms. The molecule has 0 atom stereocenters. The second kappa shape index (κ2) is 5.65. The number of hydrogen-bond acceptors (Lipinski definition) is 3. The third kappa shape index (κ3) is 9.14. The zero-order valence-corrected chi connectivity index (χ0v) is 10.0. The van der Waals surface area contributed by atoms with E-state index in [2.05, 4.69) is 22.9 Å². The minimum absolute atomic E-state index is 0.0296. The molecule has 0 aromatic rings. The minimum atomic E-state index is -0.341. The molecule has 2 amide bonds. The van der Waals surface area contributed by atoms with Crippen LogP contribution in [0.1, 0.15) is 27.2 Å². The van der Waals surface area contributed by atoms with Crippen molar-refractivity contribution in [3.63, 3.8) is 0 Å². The van der Waals surface area contributed by atoms with Gasteiger partial charge in [0.25, 0.3) is 0 Å². The summed E-state index contributed by atoms with van der Waals surface area (Å²) in [6.45, 7) is 5.53. The summed E-state index contributed by atoms with van der Waals surface area (Å²) >= 11 is 4.56. The van der Waals surface area contributed by atoms with E-state index in [1.165, 1.54) is 0 Å². The molecular formula is C9H17N3O2S. The zero-order chi connectivity index (χ0) is 12.1. The van der Waals surface area contributed by atoms with Gasteiger partial charge in [-0.05, 0) is 20.8 Å². The van der Waals surface area contributed by atoms with Crippen molar-refractivity contribution in [1.29, 1.82) is 0 Å². The average Bonchev–Trinajstić information content (AvgIpc) is 1.96. The molecule has 0 aromatic heterocycles. The molecule has 6 heteroatoms. The smallest absolute Gasteiger partial charge is 0.239 e. The number of hydrogen-bond donors (Lipinski definition) is 3. The Morgan fingerprint density at radius 3 is 2.20 bits per heavy atom. The van der Waals surface area contributed by atoms with Gasteiger partial charge in [0.2, 0.25) is 11.8 Å². The molecule has 0 saturated carbocycles. The number of carbonyl (C=O) groups is 2. The molecule has 0 fully saturated rings. The molecule has 0 rings (SSSR count). The van der Waals surface area contributed by atoms with Gasteiger partial charge in [-0.25, -0.2) is 0 Å². The van der Waals surface area contributed by atoms with Crippen molar-refractivity contribution in [2.75, 3.05) is 6.54 Å². The van der Waals surface area contributed by atoms with E-state index in [9.17, 15) is 9.59 Å². The molecule has 15 heavy (non-hydrogen) atoms. The van der Waals surface area contributed by atoms with E-state index in [0.717, 1.165) is 0 Å². The SMILES string of the molecule is CC(C)(C)NC(=O)CNC(=O)CC(N)=S. The highest BCUT2D eigenvalue weighted by Gasteiger charge is 2.14. The summed E-state index contributed by atoms with van der Waals surface area (Å²) in [6, 6.07) is 0. The highest BCUT2D eigenvalue weighted by Crippen LogP contribution is 1.97. The molecule has 4 N–H and O–H groups in total. The average molecular weight is 231 g/mol. The van der Waals surface area contributed by atoms with Crippen LogP contribution in [0, 0.1) is 0 Å². The fourth-order valence-corrected chi connectivity index (χ4v) is 0.993. The molecule has 0 aliphatic heterocycles. The summed E-state index contributed by atoms with van der Waals surface area (Å²) in [6.07, 6.45) is -0.0296. The Kier molecular flexibility index (Phi) is 5.21. The quantitative estimate of drug-likeness (QED) is 0.580. The van der Waals surface area contributed by atoms with E-state index < -0.39 is 0 Å². The molecule has 86 valence electrons. The molecule has 0 radical (unpaired) electrons. The van der Waals surface area contributed by atoms with Crippen LogP contribution in [0.3, 0.4) is 0 Å². The van der Waals surface area contributed by atoms with Gasteiger partial charge in [0.05, 0.1) is 18.0 Å². The van der Waals surface area contributed by atoms with Gasteiger partial charge in [0.1, 0.15) is 0 Å². The monoisotopic (exact) mass is 231 g/mol. The van der Waals surface area contributed by atoms with Crippen LogP contribution in [0.2, 0.25) is 0 Å². The lowest BCUT2D eigenvalue weighted by atomic mass is 10.1. The van der Waals surface area contributed by atoms with E-state index >= 15 is 0 Å².